The zero-order chi connectivity index (χ0) is 26.9. The Kier molecular flexibility index (Phi) is 7.56. The Hall–Kier alpha value is -3.44. The molecule has 0 saturated carbocycles. The number of benzene rings is 3. The highest BCUT2D eigenvalue weighted by Crippen LogP contribution is 2.36. The first-order valence-corrected chi connectivity index (χ1v) is 12.6. The van der Waals surface area contributed by atoms with Gasteiger partial charge in [-0.1, -0.05) is 48.8 Å². The molecule has 0 unspecified atom stereocenters. The third-order valence-electron chi connectivity index (χ3n) is 5.32. The molecule has 0 aliphatic rings. The fourth-order valence-electron chi connectivity index (χ4n) is 3.60. The molecule has 1 heterocycles. The smallest absolute Gasteiger partial charge is 0.312 e. The lowest BCUT2D eigenvalue weighted by molar-refractivity contribution is -0.386. The number of aromatic nitrogens is 2. The SMILES string of the molecule is CC(C)(C)c1nc2ccc(Br)cc2c(=O)n1N=Cc1cc(Br)c(OCc2cccc(F)c2)c([N+](=O)[O-])c1. The molecule has 11 heteroatoms. The molecule has 0 saturated heterocycles. The van der Waals surface area contributed by atoms with Crippen LogP contribution in [0.1, 0.15) is 37.7 Å². The number of nitrogens with zero attached hydrogens (tertiary/aromatic N) is 4. The summed E-state index contributed by atoms with van der Waals surface area (Å²) in [6.07, 6.45) is 1.36. The zero-order valence-electron chi connectivity index (χ0n) is 20.0. The van der Waals surface area contributed by atoms with Gasteiger partial charge >= 0.3 is 5.69 Å². The highest BCUT2D eigenvalue weighted by atomic mass is 79.9. The summed E-state index contributed by atoms with van der Waals surface area (Å²) in [5.41, 5.74) is 0.239. The molecule has 4 aromatic rings. The standard InChI is InChI=1S/C26H21Br2FN4O4/c1-26(2,3)25-31-21-8-7-17(27)12-19(21)24(34)32(25)30-13-16-10-20(28)23(22(11-16)33(35)36)37-14-15-5-4-6-18(29)9-15/h4-13H,14H2,1-3H3. The number of hydrogen-bond donors (Lipinski definition) is 0. The van der Waals surface area contributed by atoms with Gasteiger partial charge in [0.15, 0.2) is 0 Å². The summed E-state index contributed by atoms with van der Waals surface area (Å²) < 4.78 is 21.4. The fraction of sp³-hybridized carbons (Fsp3) is 0.192. The summed E-state index contributed by atoms with van der Waals surface area (Å²) >= 11 is 6.71. The van der Waals surface area contributed by atoms with Crippen molar-refractivity contribution < 1.29 is 14.1 Å². The molecule has 190 valence electrons. The van der Waals surface area contributed by atoms with Crippen molar-refractivity contribution >= 4 is 54.7 Å². The molecule has 3 aromatic carbocycles. The topological polar surface area (TPSA) is 99.6 Å². The van der Waals surface area contributed by atoms with Crippen LogP contribution in [0, 0.1) is 15.9 Å². The van der Waals surface area contributed by atoms with Crippen molar-refractivity contribution in [2.45, 2.75) is 32.8 Å². The van der Waals surface area contributed by atoms with E-state index in [1.54, 1.807) is 24.3 Å². The maximum absolute atomic E-state index is 13.5. The minimum Gasteiger partial charge on any atom is -0.481 e. The maximum atomic E-state index is 13.5. The Bertz CT molecular complexity index is 1610. The first kappa shape index (κ1) is 26.6. The monoisotopic (exact) mass is 630 g/mol. The van der Waals surface area contributed by atoms with E-state index in [1.165, 1.54) is 35.2 Å². The summed E-state index contributed by atoms with van der Waals surface area (Å²) in [7, 11) is 0. The van der Waals surface area contributed by atoms with Gasteiger partial charge in [-0.15, -0.1) is 0 Å². The van der Waals surface area contributed by atoms with E-state index in [2.05, 4.69) is 41.9 Å². The van der Waals surface area contributed by atoms with Gasteiger partial charge in [0, 0.05) is 21.5 Å². The van der Waals surface area contributed by atoms with Gasteiger partial charge < -0.3 is 4.74 Å². The molecule has 8 nitrogen and oxygen atoms in total. The quantitative estimate of drug-likeness (QED) is 0.133. The first-order chi connectivity index (χ1) is 17.4. The first-order valence-electron chi connectivity index (χ1n) is 11.1. The molecule has 0 N–H and O–H groups in total. The number of ether oxygens (including phenoxy) is 1. The number of rotatable bonds is 6. The van der Waals surface area contributed by atoms with E-state index in [4.69, 9.17) is 4.74 Å². The minimum atomic E-state index is -0.579. The lowest BCUT2D eigenvalue weighted by atomic mass is 9.95. The molecule has 0 aliphatic carbocycles. The molecule has 0 aliphatic heterocycles. The van der Waals surface area contributed by atoms with Crippen molar-refractivity contribution in [3.63, 3.8) is 0 Å². The van der Waals surface area contributed by atoms with E-state index in [9.17, 15) is 19.3 Å². The molecule has 0 amide bonds. The molecule has 4 rings (SSSR count). The average molecular weight is 632 g/mol. The van der Waals surface area contributed by atoms with E-state index in [0.717, 1.165) is 4.47 Å². The third kappa shape index (κ3) is 5.94. The van der Waals surface area contributed by atoms with Gasteiger partial charge in [0.25, 0.3) is 5.56 Å². The van der Waals surface area contributed by atoms with Crippen LogP contribution in [0.25, 0.3) is 10.9 Å². The zero-order valence-corrected chi connectivity index (χ0v) is 23.2. The summed E-state index contributed by atoms with van der Waals surface area (Å²) in [5, 5.41) is 16.6. The van der Waals surface area contributed by atoms with Gasteiger partial charge in [-0.2, -0.15) is 9.78 Å². The number of hydrogen-bond acceptors (Lipinski definition) is 6. The molecule has 0 spiro atoms. The van der Waals surface area contributed by atoms with Crippen molar-refractivity contribution in [1.82, 2.24) is 9.66 Å². The van der Waals surface area contributed by atoms with Gasteiger partial charge in [0.1, 0.15) is 18.2 Å². The van der Waals surface area contributed by atoms with E-state index < -0.39 is 16.2 Å². The molecule has 0 atom stereocenters. The second kappa shape index (κ2) is 10.5. The van der Waals surface area contributed by atoms with Crippen LogP contribution < -0.4 is 10.3 Å². The molecule has 1 aromatic heterocycles. The highest BCUT2D eigenvalue weighted by molar-refractivity contribution is 9.10. The van der Waals surface area contributed by atoms with Crippen LogP contribution in [0.2, 0.25) is 0 Å². The van der Waals surface area contributed by atoms with Crippen molar-refractivity contribution in [2.75, 3.05) is 0 Å². The van der Waals surface area contributed by atoms with Crippen LogP contribution in [0.5, 0.6) is 5.75 Å². The second-order valence-corrected chi connectivity index (χ2v) is 11.0. The number of nitro groups is 1. The molecule has 37 heavy (non-hydrogen) atoms. The van der Waals surface area contributed by atoms with Gasteiger partial charge in [-0.05, 0) is 57.9 Å². The van der Waals surface area contributed by atoms with Gasteiger partial charge in [0.05, 0.1) is 26.5 Å². The van der Waals surface area contributed by atoms with Crippen LogP contribution in [-0.4, -0.2) is 20.8 Å². The molecular weight excluding hydrogens is 611 g/mol. The maximum Gasteiger partial charge on any atom is 0.312 e. The lowest BCUT2D eigenvalue weighted by Gasteiger charge is -2.20. The minimum absolute atomic E-state index is 0.00354. The van der Waals surface area contributed by atoms with Gasteiger partial charge in [-0.3, -0.25) is 14.9 Å². The van der Waals surface area contributed by atoms with Gasteiger partial charge in [-0.25, -0.2) is 9.37 Å². The van der Waals surface area contributed by atoms with Gasteiger partial charge in [0.2, 0.25) is 5.75 Å². The molecule has 0 radical (unpaired) electrons. The van der Waals surface area contributed by atoms with E-state index in [0.29, 0.717) is 32.3 Å². The third-order valence-corrected chi connectivity index (χ3v) is 6.40. The van der Waals surface area contributed by atoms with Crippen molar-refractivity contribution in [2.24, 2.45) is 5.10 Å². The molecule has 0 bridgehead atoms. The van der Waals surface area contributed by atoms with Crippen LogP contribution in [0.3, 0.4) is 0 Å². The average Bonchev–Trinajstić information content (AvgIpc) is 2.82. The predicted octanol–water partition coefficient (Wildman–Crippen LogP) is 6.73. The van der Waals surface area contributed by atoms with E-state index in [-0.39, 0.29) is 23.6 Å². The summed E-state index contributed by atoms with van der Waals surface area (Å²) in [6.45, 7) is 5.68. The summed E-state index contributed by atoms with van der Waals surface area (Å²) in [4.78, 5) is 29.2. The Morgan fingerprint density at radius 3 is 2.59 bits per heavy atom. The van der Waals surface area contributed by atoms with Crippen LogP contribution in [0.15, 0.2) is 73.4 Å². The summed E-state index contributed by atoms with van der Waals surface area (Å²) in [5.74, 6) is 0.00463. The lowest BCUT2D eigenvalue weighted by Crippen LogP contribution is -2.29. The Morgan fingerprint density at radius 2 is 1.92 bits per heavy atom. The highest BCUT2D eigenvalue weighted by Gasteiger charge is 2.24. The number of fused-ring (bicyclic) bond motifs is 1. The number of nitro benzene ring substituents is 1. The van der Waals surface area contributed by atoms with Crippen molar-refractivity contribution in [1.29, 1.82) is 0 Å². The van der Waals surface area contributed by atoms with E-state index >= 15 is 0 Å². The Labute approximate surface area is 228 Å². The molecular formula is C26H21Br2FN4O4. The predicted molar refractivity (Wildman–Crippen MR) is 147 cm³/mol. The van der Waals surface area contributed by atoms with Crippen LogP contribution in [-0.2, 0) is 12.0 Å². The van der Waals surface area contributed by atoms with E-state index in [1.807, 2.05) is 26.8 Å². The fourth-order valence-corrected chi connectivity index (χ4v) is 4.54. The normalized spacial score (nSPS) is 11.8. The van der Waals surface area contributed by atoms with Crippen molar-refractivity contribution in [3.05, 3.63) is 107 Å². The van der Waals surface area contributed by atoms with Crippen LogP contribution >= 0.6 is 31.9 Å². The van der Waals surface area contributed by atoms with Crippen molar-refractivity contribution in [3.8, 4) is 5.75 Å². The largest absolute Gasteiger partial charge is 0.481 e. The number of halogens is 3. The Morgan fingerprint density at radius 1 is 1.16 bits per heavy atom. The summed E-state index contributed by atoms with van der Waals surface area (Å²) in [6, 6.07) is 13.9. The second-order valence-electron chi connectivity index (χ2n) is 9.24. The van der Waals surface area contributed by atoms with Crippen LogP contribution in [0.4, 0.5) is 10.1 Å². The molecule has 0 fully saturated rings. The Balaban J connectivity index is 1.75.